The van der Waals surface area contributed by atoms with Gasteiger partial charge in [0.15, 0.2) is 11.1 Å². The summed E-state index contributed by atoms with van der Waals surface area (Å²) in [5.41, 5.74) is -0.262. The van der Waals surface area contributed by atoms with Gasteiger partial charge in [0.05, 0.1) is 22.5 Å². The van der Waals surface area contributed by atoms with Gasteiger partial charge in [0.2, 0.25) is 0 Å². The van der Waals surface area contributed by atoms with Crippen molar-refractivity contribution in [2.45, 2.75) is 12.5 Å². The first-order valence-electron chi connectivity index (χ1n) is 8.03. The quantitative estimate of drug-likeness (QED) is 0.625. The molecular weight excluding hydrogens is 402 g/mol. The highest BCUT2D eigenvalue weighted by atomic mass is 79.9. The number of aromatic hydroxyl groups is 1. The fourth-order valence-electron chi connectivity index (χ4n) is 3.10. The van der Waals surface area contributed by atoms with Gasteiger partial charge in [-0.15, -0.1) is 0 Å². The second kappa shape index (κ2) is 6.49. The Morgan fingerprint density at radius 1 is 1.19 bits per heavy atom. The van der Waals surface area contributed by atoms with Crippen LogP contribution in [0.3, 0.4) is 0 Å². The lowest BCUT2D eigenvalue weighted by atomic mass is 10.00. The Hall–Kier alpha value is -2.80. The second-order valence-corrected chi connectivity index (χ2v) is 6.78. The number of carbonyl (C=O) groups is 1. The van der Waals surface area contributed by atoms with Gasteiger partial charge in [-0.25, -0.2) is 4.79 Å². The summed E-state index contributed by atoms with van der Waals surface area (Å²) in [6, 6.07) is 12.0. The van der Waals surface area contributed by atoms with Gasteiger partial charge in [-0.1, -0.05) is 24.3 Å². The average molecular weight is 416 g/mol. The van der Waals surface area contributed by atoms with Crippen molar-refractivity contribution >= 4 is 32.8 Å². The number of para-hydroxylation sites is 2. The van der Waals surface area contributed by atoms with E-state index < -0.39 is 22.8 Å². The summed E-state index contributed by atoms with van der Waals surface area (Å²) in [6.45, 7) is 0.452. The van der Waals surface area contributed by atoms with Crippen molar-refractivity contribution in [3.8, 4) is 11.5 Å². The van der Waals surface area contributed by atoms with Crippen molar-refractivity contribution in [2.75, 3.05) is 6.61 Å². The van der Waals surface area contributed by atoms with Crippen LogP contribution in [0, 0.1) is 0 Å². The van der Waals surface area contributed by atoms with E-state index in [-0.39, 0.29) is 17.0 Å². The van der Waals surface area contributed by atoms with Gasteiger partial charge in [-0.2, -0.15) is 0 Å². The zero-order valence-corrected chi connectivity index (χ0v) is 15.1. The van der Waals surface area contributed by atoms with E-state index in [0.29, 0.717) is 23.2 Å². The van der Waals surface area contributed by atoms with Crippen molar-refractivity contribution in [3.05, 3.63) is 68.5 Å². The summed E-state index contributed by atoms with van der Waals surface area (Å²) in [5.74, 6) is -0.377. The summed E-state index contributed by atoms with van der Waals surface area (Å²) in [6.07, 6.45) is 0.563. The summed E-state index contributed by atoms with van der Waals surface area (Å²) in [5, 5.41) is 13.6. The van der Waals surface area contributed by atoms with Crippen LogP contribution in [-0.2, 0) is 0 Å². The third-order valence-electron chi connectivity index (χ3n) is 4.35. The molecule has 26 heavy (non-hydrogen) atoms. The molecule has 2 aromatic carbocycles. The fourth-order valence-corrected chi connectivity index (χ4v) is 3.54. The number of rotatable bonds is 2. The molecule has 1 aliphatic heterocycles. The summed E-state index contributed by atoms with van der Waals surface area (Å²) in [7, 11) is 0. The number of fused-ring (bicyclic) bond motifs is 2. The van der Waals surface area contributed by atoms with E-state index in [1.807, 2.05) is 24.3 Å². The molecule has 0 unspecified atom stereocenters. The molecule has 2 heterocycles. The van der Waals surface area contributed by atoms with Gasteiger partial charge in [0.25, 0.3) is 5.91 Å². The monoisotopic (exact) mass is 415 g/mol. The van der Waals surface area contributed by atoms with E-state index in [0.717, 1.165) is 5.56 Å². The van der Waals surface area contributed by atoms with Crippen molar-refractivity contribution < 1.29 is 19.1 Å². The highest BCUT2D eigenvalue weighted by Crippen LogP contribution is 2.33. The predicted molar refractivity (Wildman–Crippen MR) is 98.6 cm³/mol. The number of nitrogens with one attached hydrogen (secondary N) is 1. The smallest absolute Gasteiger partial charge is 0.353 e. The molecule has 1 atom stereocenters. The molecule has 3 aromatic rings. The Labute approximate surface area is 156 Å². The first kappa shape index (κ1) is 16.7. The summed E-state index contributed by atoms with van der Waals surface area (Å²) in [4.78, 5) is 25.0. The van der Waals surface area contributed by atoms with E-state index in [1.54, 1.807) is 18.2 Å². The molecule has 1 aromatic heterocycles. The van der Waals surface area contributed by atoms with Crippen molar-refractivity contribution in [2.24, 2.45) is 0 Å². The van der Waals surface area contributed by atoms with Crippen LogP contribution in [0.2, 0.25) is 0 Å². The van der Waals surface area contributed by atoms with Crippen LogP contribution in [0.4, 0.5) is 0 Å². The molecule has 0 saturated heterocycles. The fraction of sp³-hybridized carbons (Fsp3) is 0.158. The van der Waals surface area contributed by atoms with Gasteiger partial charge >= 0.3 is 5.63 Å². The molecule has 2 N–H and O–H groups in total. The maximum Gasteiger partial charge on any atom is 0.353 e. The van der Waals surface area contributed by atoms with Gasteiger partial charge in [-0.05, 0) is 34.1 Å². The van der Waals surface area contributed by atoms with E-state index in [1.165, 1.54) is 0 Å². The molecule has 6 nitrogen and oxygen atoms in total. The number of halogens is 1. The third-order valence-corrected chi connectivity index (χ3v) is 4.97. The highest BCUT2D eigenvalue weighted by Gasteiger charge is 2.27. The Kier molecular flexibility index (Phi) is 4.16. The zero-order chi connectivity index (χ0) is 18.3. The molecule has 0 spiro atoms. The first-order chi connectivity index (χ1) is 12.6. The van der Waals surface area contributed by atoms with Crippen LogP contribution < -0.4 is 15.7 Å². The number of carbonyl (C=O) groups excluding carboxylic acids is 1. The average Bonchev–Trinajstić information content (AvgIpc) is 2.63. The zero-order valence-electron chi connectivity index (χ0n) is 13.5. The molecule has 0 aliphatic carbocycles. The van der Waals surface area contributed by atoms with Crippen molar-refractivity contribution in [1.29, 1.82) is 0 Å². The first-order valence-corrected chi connectivity index (χ1v) is 8.82. The predicted octanol–water partition coefficient (Wildman–Crippen LogP) is 3.51. The minimum atomic E-state index is -0.889. The Morgan fingerprint density at radius 2 is 2.00 bits per heavy atom. The number of hydrogen-bond donors (Lipinski definition) is 2. The van der Waals surface area contributed by atoms with Crippen LogP contribution in [-0.4, -0.2) is 17.6 Å². The SMILES string of the molecule is O=C(N[C@H]1CCOc2ccccc21)c1c(O)c2cccc(Br)c2oc1=O. The molecule has 7 heteroatoms. The highest BCUT2D eigenvalue weighted by molar-refractivity contribution is 9.10. The third kappa shape index (κ3) is 2.74. The van der Waals surface area contributed by atoms with Crippen LogP contribution in [0.5, 0.6) is 11.5 Å². The molecule has 0 radical (unpaired) electrons. The lowest BCUT2D eigenvalue weighted by Crippen LogP contribution is -2.34. The maximum absolute atomic E-state index is 12.7. The van der Waals surface area contributed by atoms with Crippen molar-refractivity contribution in [3.63, 3.8) is 0 Å². The van der Waals surface area contributed by atoms with Crippen LogP contribution in [0.15, 0.2) is 56.1 Å². The minimum Gasteiger partial charge on any atom is -0.506 e. The molecule has 4 rings (SSSR count). The van der Waals surface area contributed by atoms with Gasteiger partial charge < -0.3 is 19.6 Å². The topological polar surface area (TPSA) is 88.8 Å². The van der Waals surface area contributed by atoms with Gasteiger partial charge in [0.1, 0.15) is 11.5 Å². The second-order valence-electron chi connectivity index (χ2n) is 5.93. The van der Waals surface area contributed by atoms with Crippen LogP contribution in [0.1, 0.15) is 28.4 Å². The lowest BCUT2D eigenvalue weighted by Gasteiger charge is -2.26. The van der Waals surface area contributed by atoms with Gasteiger partial charge in [0, 0.05) is 12.0 Å². The largest absolute Gasteiger partial charge is 0.506 e. The lowest BCUT2D eigenvalue weighted by molar-refractivity contribution is 0.0918. The molecular formula is C19H14BrNO5. The molecule has 132 valence electrons. The summed E-state index contributed by atoms with van der Waals surface area (Å²) >= 11 is 3.27. The molecule has 1 amide bonds. The minimum absolute atomic E-state index is 0.197. The van der Waals surface area contributed by atoms with E-state index >= 15 is 0 Å². The summed E-state index contributed by atoms with van der Waals surface area (Å²) < 4.78 is 11.3. The normalized spacial score (nSPS) is 16.0. The van der Waals surface area contributed by atoms with E-state index in [9.17, 15) is 14.7 Å². The number of benzene rings is 2. The van der Waals surface area contributed by atoms with E-state index in [4.69, 9.17) is 9.15 Å². The number of ether oxygens (including phenoxy) is 1. The Morgan fingerprint density at radius 3 is 2.85 bits per heavy atom. The Balaban J connectivity index is 1.73. The van der Waals surface area contributed by atoms with Crippen molar-refractivity contribution in [1.82, 2.24) is 5.32 Å². The molecule has 0 saturated carbocycles. The molecule has 0 bridgehead atoms. The van der Waals surface area contributed by atoms with Crippen LogP contribution in [0.25, 0.3) is 11.0 Å². The standard InChI is InChI=1S/C19H14BrNO5/c20-12-6-3-5-11-16(22)15(19(24)26-17(11)12)18(23)21-13-8-9-25-14-7-2-1-4-10(13)14/h1-7,13,22H,8-9H2,(H,21,23)/t13-/m0/s1. The Bertz CT molecular complexity index is 1080. The van der Waals surface area contributed by atoms with Gasteiger partial charge in [-0.3, -0.25) is 4.79 Å². The maximum atomic E-state index is 12.7. The molecule has 0 fully saturated rings. The van der Waals surface area contributed by atoms with E-state index in [2.05, 4.69) is 21.2 Å². The number of amides is 1. The molecule has 1 aliphatic rings. The number of hydrogen-bond acceptors (Lipinski definition) is 5. The van der Waals surface area contributed by atoms with Crippen LogP contribution >= 0.6 is 15.9 Å².